The van der Waals surface area contributed by atoms with Gasteiger partial charge in [-0.25, -0.2) is 4.79 Å². The first-order valence-corrected chi connectivity index (χ1v) is 36.1. The van der Waals surface area contributed by atoms with Crippen LogP contribution in [0.15, 0.2) is 60.8 Å². The molecule has 35 nitrogen and oxygen atoms in total. The molecule has 1 aliphatic heterocycles. The van der Waals surface area contributed by atoms with Gasteiger partial charge >= 0.3 is 11.9 Å². The van der Waals surface area contributed by atoms with E-state index in [9.17, 15) is 82.4 Å². The molecule has 2 aromatic carbocycles. The van der Waals surface area contributed by atoms with E-state index in [0.717, 1.165) is 9.80 Å². The summed E-state index contributed by atoms with van der Waals surface area (Å²) in [5.41, 5.74) is 19.2. The molecule has 35 heteroatoms. The summed E-state index contributed by atoms with van der Waals surface area (Å²) in [5.74, 6) is -16.5. The number of carbonyl (C=O) groups excluding carboxylic acids is 14. The molecular weight excluding hydrogens is 1390 g/mol. The van der Waals surface area contributed by atoms with Crippen molar-refractivity contribution < 1.29 is 92.0 Å². The Hall–Kier alpha value is -10.1. The lowest BCUT2D eigenvalue weighted by Gasteiger charge is -2.34. The van der Waals surface area contributed by atoms with Crippen molar-refractivity contribution in [1.82, 2.24) is 68.0 Å². The molecule has 13 amide bonds. The molecule has 0 radical (unpaired) electrons. The number of carboxylic acids is 1. The first-order chi connectivity index (χ1) is 50.6. The fraction of sp³-hybridized carbons (Fsp3) is 0.597. The van der Waals surface area contributed by atoms with E-state index < -0.39 is 213 Å². The Morgan fingerprint density at radius 3 is 1.67 bits per heavy atom. The van der Waals surface area contributed by atoms with Gasteiger partial charge in [0.25, 0.3) is 0 Å². The number of benzene rings is 2. The van der Waals surface area contributed by atoms with Crippen LogP contribution in [0.2, 0.25) is 0 Å². The number of aliphatic hydroxyl groups excluding tert-OH is 2. The molecule has 4 rings (SSSR count). The molecule has 0 aliphatic carbocycles. The Morgan fingerprint density at radius 2 is 1.08 bits per heavy atom. The highest BCUT2D eigenvalue weighted by Crippen LogP contribution is 2.23. The maximum atomic E-state index is 15.0. The van der Waals surface area contributed by atoms with Gasteiger partial charge in [-0.15, -0.1) is 0 Å². The largest absolute Gasteiger partial charge is 0.481 e. The number of hydrogen-bond donors (Lipinski definition) is 17. The molecule has 1 aromatic heterocycles. The number of nitrogens with one attached hydrogen (secondary N) is 11. The number of carbonyl (C=O) groups is 15. The van der Waals surface area contributed by atoms with E-state index in [1.807, 2.05) is 13.8 Å². The summed E-state index contributed by atoms with van der Waals surface area (Å²) in [6.07, 6.45) is -2.08. The van der Waals surface area contributed by atoms with E-state index >= 15 is 4.79 Å². The van der Waals surface area contributed by atoms with E-state index in [0.29, 0.717) is 34.9 Å². The van der Waals surface area contributed by atoms with Gasteiger partial charge in [0.1, 0.15) is 72.6 Å². The van der Waals surface area contributed by atoms with Crippen molar-refractivity contribution in [2.24, 2.45) is 35.0 Å². The number of para-hydroxylation sites is 1. The number of rotatable bonds is 24. The van der Waals surface area contributed by atoms with Crippen LogP contribution in [0.3, 0.4) is 0 Å². The zero-order chi connectivity index (χ0) is 79.8. The number of ether oxygens (including phenoxy) is 1. The van der Waals surface area contributed by atoms with Crippen molar-refractivity contribution in [3.8, 4) is 0 Å². The summed E-state index contributed by atoms with van der Waals surface area (Å²) >= 11 is 0. The van der Waals surface area contributed by atoms with Crippen LogP contribution in [0.1, 0.15) is 137 Å². The zero-order valence-electron chi connectivity index (χ0n) is 62.4. The van der Waals surface area contributed by atoms with E-state index in [-0.39, 0.29) is 76.3 Å². The number of carboxylic acid groups (broad SMARTS) is 1. The number of amides is 13. The van der Waals surface area contributed by atoms with Crippen LogP contribution >= 0.6 is 0 Å². The van der Waals surface area contributed by atoms with Crippen LogP contribution in [0.5, 0.6) is 0 Å². The predicted octanol–water partition coefficient (Wildman–Crippen LogP) is -2.85. The maximum Gasteiger partial charge on any atom is 0.329 e. The number of aromatic nitrogens is 1. The Morgan fingerprint density at radius 1 is 0.561 bits per heavy atom. The maximum absolute atomic E-state index is 15.0. The number of nitrogens with two attached hydrogens (primary N) is 3. The highest BCUT2D eigenvalue weighted by molar-refractivity contribution is 6.01. The highest BCUT2D eigenvalue weighted by atomic mass is 16.5. The number of fused-ring (bicyclic) bond motifs is 1. The average molecular weight is 1500 g/mol. The second-order valence-electron chi connectivity index (χ2n) is 28.0. The third-order valence-corrected chi connectivity index (χ3v) is 17.9. The molecule has 592 valence electrons. The second kappa shape index (κ2) is 44.7. The van der Waals surface area contributed by atoms with Gasteiger partial charge in [0, 0.05) is 50.5 Å². The third-order valence-electron chi connectivity index (χ3n) is 17.9. The fourth-order valence-electron chi connectivity index (χ4n) is 12.0. The molecule has 107 heavy (non-hydrogen) atoms. The highest BCUT2D eigenvalue weighted by Gasteiger charge is 2.40. The molecule has 2 heterocycles. The molecule has 1 aliphatic rings. The molecule has 0 saturated carbocycles. The van der Waals surface area contributed by atoms with E-state index in [4.69, 9.17) is 21.9 Å². The summed E-state index contributed by atoms with van der Waals surface area (Å²) in [6, 6.07) is -2.35. The van der Waals surface area contributed by atoms with Gasteiger partial charge in [-0.1, -0.05) is 96.5 Å². The van der Waals surface area contributed by atoms with Gasteiger partial charge in [0.2, 0.25) is 76.8 Å². The molecular formula is C72H110N16O19. The van der Waals surface area contributed by atoms with Crippen LogP contribution < -0.4 is 70.4 Å². The topological polar surface area (TPSA) is 547 Å². The summed E-state index contributed by atoms with van der Waals surface area (Å²) in [4.78, 5) is 217. The Kier molecular flexibility index (Phi) is 37.3. The SMILES string of the molecule is CC(C)CCC[C@@H]1CC(=O)N[C@@H](CO)C(=O)N[C@H](C)C(=O)N[C@@H](CO)C(=O)NCC(=O)N(C)[C@H](Cc2ccccc2)C(=O)N[C@@H](CC(C)C)C(=O)N[C@H](CCCN)C(=O)N[C@@H](CCC(=O)O)C(=O)N[C@H](CC(N)=O)C(=O)N[C@H](Cc2c[nH]c3ccccc23)C(=O)N[C@H](CCCN)C(=O)N(C)[C@@H](C(C)C)C(=O)O1. The molecule has 1 fully saturated rings. The lowest BCUT2D eigenvalue weighted by atomic mass is 9.99. The number of nitrogens with zero attached hydrogens (tertiary/aromatic N) is 2. The number of aliphatic carboxylic acids is 1. The monoisotopic (exact) mass is 1500 g/mol. The molecule has 0 unspecified atom stereocenters. The third kappa shape index (κ3) is 29.3. The fourth-order valence-corrected chi connectivity index (χ4v) is 12.0. The number of aromatic amines is 1. The quantitative estimate of drug-likeness (QED) is 0.0402. The summed E-state index contributed by atoms with van der Waals surface area (Å²) in [7, 11) is 2.54. The van der Waals surface area contributed by atoms with Crippen molar-refractivity contribution in [3.05, 3.63) is 71.9 Å². The Bertz CT molecular complexity index is 3540. The number of hydrogen-bond acceptors (Lipinski definition) is 20. The van der Waals surface area contributed by atoms with Crippen LogP contribution in [-0.4, -0.2) is 238 Å². The number of cyclic esters (lactones) is 1. The van der Waals surface area contributed by atoms with Gasteiger partial charge < -0.3 is 105 Å². The average Bonchev–Trinajstić information content (AvgIpc) is 1.41. The number of aliphatic hydroxyl groups is 2. The van der Waals surface area contributed by atoms with Crippen molar-refractivity contribution in [3.63, 3.8) is 0 Å². The van der Waals surface area contributed by atoms with Gasteiger partial charge in [-0.3, -0.25) is 67.1 Å². The van der Waals surface area contributed by atoms with Crippen LogP contribution in [0.25, 0.3) is 10.9 Å². The van der Waals surface area contributed by atoms with Gasteiger partial charge in [-0.05, 0) is 106 Å². The number of H-pyrrole nitrogens is 1. The smallest absolute Gasteiger partial charge is 0.329 e. The molecule has 20 N–H and O–H groups in total. The lowest BCUT2D eigenvalue weighted by molar-refractivity contribution is -0.162. The van der Waals surface area contributed by atoms with Crippen molar-refractivity contribution in [1.29, 1.82) is 0 Å². The number of likely N-dealkylation sites (N-methyl/N-ethyl adjacent to an activating group) is 2. The Balaban J connectivity index is 1.88. The minimum absolute atomic E-state index is 0.00993. The lowest BCUT2D eigenvalue weighted by Crippen LogP contribution is -2.61. The van der Waals surface area contributed by atoms with E-state index in [1.165, 1.54) is 21.0 Å². The van der Waals surface area contributed by atoms with Crippen molar-refractivity contribution in [2.75, 3.05) is 46.9 Å². The Labute approximate surface area is 621 Å². The number of primary amides is 1. The van der Waals surface area contributed by atoms with Crippen molar-refractivity contribution >= 4 is 99.6 Å². The molecule has 0 bridgehead atoms. The van der Waals surface area contributed by atoms with Crippen LogP contribution in [-0.2, 0) is 89.5 Å². The number of esters is 1. The standard InChI is InChI=1S/C72H110N16O19/c1-39(2)18-15-21-45-33-58(92)79-55(38-90)69(103)78-42(7)62(96)86-54(37-89)63(97)77-36-59(93)87(8)56(31-43-19-11-10-12-20-43)70(104)85-51(30-40(3)4)66(100)80-48(24-16-28-73)64(98)81-49(26-27-60(94)95)65(99)84-53(34-57(75)91)68(102)83-52(32-44-35-76-47-23-14-13-22-46(44)47)67(101)82-50(25-17-29-74)71(105)88(9)61(41(5)6)72(106)107-45/h10-14,19-20,22-23,35,39-42,45,48-56,61,76,89-90H,15-18,21,24-34,36-38,73-74H2,1-9H3,(H2,75,91)(H,77,97)(H,78,103)(H,79,92)(H,80,100)(H,81,98)(H,82,101)(H,83,102)(H,84,99)(H,85,104)(H,86,96)(H,94,95)/t42-,45-,48-,49+,50-,51+,52-,53-,54+,55+,56-,61+/m1/s1. The normalized spacial score (nSPS) is 24.4. The zero-order valence-corrected chi connectivity index (χ0v) is 62.4. The molecule has 3 aromatic rings. The summed E-state index contributed by atoms with van der Waals surface area (Å²) < 4.78 is 6.04. The first-order valence-electron chi connectivity index (χ1n) is 36.1. The molecule has 0 spiro atoms. The van der Waals surface area contributed by atoms with Crippen LogP contribution in [0.4, 0.5) is 0 Å². The summed E-state index contributed by atoms with van der Waals surface area (Å²) in [6.45, 7) is 8.91. The van der Waals surface area contributed by atoms with Crippen molar-refractivity contribution in [2.45, 2.75) is 211 Å². The van der Waals surface area contributed by atoms with E-state index in [1.54, 1.807) is 88.5 Å². The van der Waals surface area contributed by atoms with Gasteiger partial charge in [0.15, 0.2) is 0 Å². The second-order valence-corrected chi connectivity index (χ2v) is 28.0. The minimum Gasteiger partial charge on any atom is -0.481 e. The predicted molar refractivity (Wildman–Crippen MR) is 390 cm³/mol. The summed E-state index contributed by atoms with van der Waals surface area (Å²) in [5, 5.41) is 55.9. The molecule has 12 atom stereocenters. The minimum atomic E-state index is -1.95. The van der Waals surface area contributed by atoms with Gasteiger partial charge in [-0.2, -0.15) is 0 Å². The van der Waals surface area contributed by atoms with Gasteiger partial charge in [0.05, 0.1) is 32.6 Å². The van der Waals surface area contributed by atoms with E-state index in [2.05, 4.69) is 58.2 Å². The first kappa shape index (κ1) is 89.3. The molecule has 1 saturated heterocycles. The van der Waals surface area contributed by atoms with Crippen LogP contribution in [0, 0.1) is 17.8 Å².